The molecule has 0 bridgehead atoms. The second kappa shape index (κ2) is 6.53. The van der Waals surface area contributed by atoms with Crippen LogP contribution in [0, 0.1) is 0 Å². The number of carbonyl (C=O) groups is 1. The number of rotatable bonds is 4. The van der Waals surface area contributed by atoms with Crippen molar-refractivity contribution in [3.63, 3.8) is 0 Å². The van der Waals surface area contributed by atoms with Crippen LogP contribution in [-0.4, -0.2) is 49.2 Å². The lowest BCUT2D eigenvalue weighted by Gasteiger charge is -2.30. The minimum atomic E-state index is -0.0521. The third-order valence-electron chi connectivity index (χ3n) is 4.24. The van der Waals surface area contributed by atoms with Crippen LogP contribution in [0.4, 0.5) is 0 Å². The molecule has 1 aliphatic heterocycles. The maximum absolute atomic E-state index is 12.3. The number of carbonyl (C=O) groups excluding carboxylic acids is 1. The first-order valence-electron chi connectivity index (χ1n) is 7.28. The number of nitrogens with one attached hydrogen (secondary N) is 1. The quantitative estimate of drug-likeness (QED) is 0.827. The van der Waals surface area contributed by atoms with Crippen LogP contribution in [0.15, 0.2) is 0 Å². The first kappa shape index (κ1) is 13.8. The molecule has 4 nitrogen and oxygen atoms in total. The zero-order valence-corrected chi connectivity index (χ0v) is 11.7. The number of amides is 1. The van der Waals surface area contributed by atoms with Crippen LogP contribution in [0.25, 0.3) is 0 Å². The van der Waals surface area contributed by atoms with Gasteiger partial charge in [0.2, 0.25) is 5.91 Å². The smallest absolute Gasteiger partial charge is 0.239 e. The van der Waals surface area contributed by atoms with E-state index in [2.05, 4.69) is 5.32 Å². The van der Waals surface area contributed by atoms with Gasteiger partial charge in [0.1, 0.15) is 0 Å². The summed E-state index contributed by atoms with van der Waals surface area (Å²) in [6, 6.07) is 0.391. The molecule has 0 spiro atoms. The van der Waals surface area contributed by atoms with Gasteiger partial charge in [-0.15, -0.1) is 0 Å². The van der Waals surface area contributed by atoms with Crippen LogP contribution in [-0.2, 0) is 9.53 Å². The molecular formula is C14H26N2O2. The lowest BCUT2D eigenvalue weighted by atomic mass is 10.1. The molecule has 104 valence electrons. The fourth-order valence-electron chi connectivity index (χ4n) is 3.12. The summed E-state index contributed by atoms with van der Waals surface area (Å²) in [6.07, 6.45) is 7.23. The molecule has 3 unspecified atom stereocenters. The van der Waals surface area contributed by atoms with Gasteiger partial charge in [0, 0.05) is 26.2 Å². The molecule has 0 aromatic heterocycles. The first-order chi connectivity index (χ1) is 8.70. The third-order valence-corrected chi connectivity index (χ3v) is 4.24. The molecule has 3 atom stereocenters. The number of ether oxygens (including phenoxy) is 1. The van der Waals surface area contributed by atoms with E-state index in [-0.39, 0.29) is 11.9 Å². The standard InChI is InChI=1S/C14H26N2O2/c1-11(14(17)16-8-4-3-5-9-16)15-12-6-7-13(10-12)18-2/h11-13,15H,3-10H2,1-2H3. The average Bonchev–Trinajstić information content (AvgIpc) is 2.86. The molecule has 1 amide bonds. The first-order valence-corrected chi connectivity index (χ1v) is 7.28. The summed E-state index contributed by atoms with van der Waals surface area (Å²) < 4.78 is 5.36. The summed E-state index contributed by atoms with van der Waals surface area (Å²) in [5.41, 5.74) is 0. The van der Waals surface area contributed by atoms with Gasteiger partial charge in [-0.25, -0.2) is 0 Å². The Morgan fingerprint density at radius 2 is 2.00 bits per heavy atom. The maximum atomic E-state index is 12.3. The van der Waals surface area contributed by atoms with Gasteiger partial charge in [-0.2, -0.15) is 0 Å². The van der Waals surface area contributed by atoms with Crippen molar-refractivity contribution in [3.8, 4) is 0 Å². The van der Waals surface area contributed by atoms with Gasteiger partial charge < -0.3 is 15.0 Å². The van der Waals surface area contributed by atoms with Crippen molar-refractivity contribution < 1.29 is 9.53 Å². The van der Waals surface area contributed by atoms with E-state index in [0.717, 1.165) is 45.2 Å². The van der Waals surface area contributed by atoms with Gasteiger partial charge in [-0.05, 0) is 45.4 Å². The molecule has 0 aromatic carbocycles. The van der Waals surface area contributed by atoms with Crippen molar-refractivity contribution in [2.75, 3.05) is 20.2 Å². The predicted molar refractivity (Wildman–Crippen MR) is 71.5 cm³/mol. The van der Waals surface area contributed by atoms with Gasteiger partial charge in [-0.1, -0.05) is 0 Å². The molecule has 2 fully saturated rings. The number of piperidine rings is 1. The second-order valence-electron chi connectivity index (χ2n) is 5.64. The van der Waals surface area contributed by atoms with Crippen LogP contribution >= 0.6 is 0 Å². The van der Waals surface area contributed by atoms with Crippen LogP contribution in [0.5, 0.6) is 0 Å². The SMILES string of the molecule is COC1CCC(NC(C)C(=O)N2CCCCC2)C1. The Morgan fingerprint density at radius 1 is 1.28 bits per heavy atom. The van der Waals surface area contributed by atoms with Crippen molar-refractivity contribution in [2.24, 2.45) is 0 Å². The van der Waals surface area contributed by atoms with E-state index in [9.17, 15) is 4.79 Å². The molecule has 1 heterocycles. The zero-order valence-electron chi connectivity index (χ0n) is 11.7. The Hall–Kier alpha value is -0.610. The van der Waals surface area contributed by atoms with E-state index in [1.165, 1.54) is 6.42 Å². The number of hydrogen-bond donors (Lipinski definition) is 1. The van der Waals surface area contributed by atoms with Crippen molar-refractivity contribution in [1.29, 1.82) is 0 Å². The average molecular weight is 254 g/mol. The Balaban J connectivity index is 1.76. The summed E-state index contributed by atoms with van der Waals surface area (Å²) in [4.78, 5) is 14.3. The van der Waals surface area contributed by atoms with E-state index >= 15 is 0 Å². The van der Waals surface area contributed by atoms with E-state index in [0.29, 0.717) is 12.1 Å². The lowest BCUT2D eigenvalue weighted by Crippen LogP contribution is -2.49. The Labute approximate surface area is 110 Å². The van der Waals surface area contributed by atoms with Crippen molar-refractivity contribution in [3.05, 3.63) is 0 Å². The van der Waals surface area contributed by atoms with E-state index < -0.39 is 0 Å². The summed E-state index contributed by atoms with van der Waals surface area (Å²) in [6.45, 7) is 3.88. The second-order valence-corrected chi connectivity index (χ2v) is 5.64. The number of methoxy groups -OCH3 is 1. The van der Waals surface area contributed by atoms with Crippen LogP contribution in [0.3, 0.4) is 0 Å². The van der Waals surface area contributed by atoms with Gasteiger partial charge >= 0.3 is 0 Å². The molecule has 4 heteroatoms. The number of hydrogen-bond acceptors (Lipinski definition) is 3. The highest BCUT2D eigenvalue weighted by Crippen LogP contribution is 2.22. The normalized spacial score (nSPS) is 30.4. The van der Waals surface area contributed by atoms with E-state index in [4.69, 9.17) is 4.74 Å². The Morgan fingerprint density at radius 3 is 2.61 bits per heavy atom. The van der Waals surface area contributed by atoms with E-state index in [1.54, 1.807) is 7.11 Å². The molecule has 0 aromatic rings. The van der Waals surface area contributed by atoms with Crippen molar-refractivity contribution >= 4 is 5.91 Å². The predicted octanol–water partition coefficient (Wildman–Crippen LogP) is 1.54. The number of likely N-dealkylation sites (tertiary alicyclic amines) is 1. The minimum absolute atomic E-state index is 0.0521. The third kappa shape index (κ3) is 3.45. The van der Waals surface area contributed by atoms with E-state index in [1.807, 2.05) is 11.8 Å². The molecule has 18 heavy (non-hydrogen) atoms. The topological polar surface area (TPSA) is 41.6 Å². The van der Waals surface area contributed by atoms with Crippen LogP contribution in [0.1, 0.15) is 45.4 Å². The summed E-state index contributed by atoms with van der Waals surface area (Å²) in [5.74, 6) is 0.274. The molecule has 0 radical (unpaired) electrons. The van der Waals surface area contributed by atoms with Crippen molar-refractivity contribution in [1.82, 2.24) is 10.2 Å². The Bertz CT molecular complexity index is 277. The molecule has 2 rings (SSSR count). The van der Waals surface area contributed by atoms with Gasteiger partial charge in [0.05, 0.1) is 12.1 Å². The number of nitrogens with zero attached hydrogens (tertiary/aromatic N) is 1. The lowest BCUT2D eigenvalue weighted by molar-refractivity contribution is -0.134. The minimum Gasteiger partial charge on any atom is -0.381 e. The zero-order chi connectivity index (χ0) is 13.0. The molecule has 1 aliphatic carbocycles. The molecule has 1 saturated heterocycles. The summed E-state index contributed by atoms with van der Waals surface area (Å²) >= 11 is 0. The van der Waals surface area contributed by atoms with Gasteiger partial charge in [0.15, 0.2) is 0 Å². The van der Waals surface area contributed by atoms with Crippen LogP contribution < -0.4 is 5.32 Å². The molecule has 1 saturated carbocycles. The maximum Gasteiger partial charge on any atom is 0.239 e. The summed E-state index contributed by atoms with van der Waals surface area (Å²) in [5, 5.41) is 3.47. The molecule has 2 aliphatic rings. The highest BCUT2D eigenvalue weighted by atomic mass is 16.5. The summed E-state index contributed by atoms with van der Waals surface area (Å²) in [7, 11) is 1.77. The Kier molecular flexibility index (Phi) is 5.01. The molecular weight excluding hydrogens is 228 g/mol. The van der Waals surface area contributed by atoms with Crippen molar-refractivity contribution in [2.45, 2.75) is 63.6 Å². The largest absolute Gasteiger partial charge is 0.381 e. The van der Waals surface area contributed by atoms with Crippen LogP contribution in [0.2, 0.25) is 0 Å². The highest BCUT2D eigenvalue weighted by molar-refractivity contribution is 5.81. The van der Waals surface area contributed by atoms with Gasteiger partial charge in [-0.3, -0.25) is 4.79 Å². The molecule has 1 N–H and O–H groups in total. The fourth-order valence-corrected chi connectivity index (χ4v) is 3.12. The monoisotopic (exact) mass is 254 g/mol. The highest BCUT2D eigenvalue weighted by Gasteiger charge is 2.28. The fraction of sp³-hybridized carbons (Fsp3) is 0.929. The van der Waals surface area contributed by atoms with Gasteiger partial charge in [0.25, 0.3) is 0 Å².